The number of ether oxygens (including phenoxy) is 2. The predicted octanol–water partition coefficient (Wildman–Crippen LogP) is 2.94. The van der Waals surface area contributed by atoms with Crippen molar-refractivity contribution in [3.63, 3.8) is 0 Å². The molecule has 3 rings (SSSR count). The normalized spacial score (nSPS) is 10.4. The maximum atomic E-state index is 12.0. The van der Waals surface area contributed by atoms with Crippen LogP contribution >= 0.6 is 0 Å². The zero-order valence-corrected chi connectivity index (χ0v) is 13.3. The van der Waals surface area contributed by atoms with Crippen LogP contribution in [0.5, 0.6) is 11.5 Å². The summed E-state index contributed by atoms with van der Waals surface area (Å²) in [6.45, 7) is 3.92. The third-order valence-corrected chi connectivity index (χ3v) is 3.35. The Bertz CT molecular complexity index is 847. The van der Waals surface area contributed by atoms with Crippen LogP contribution in [0, 0.1) is 6.92 Å². The number of rotatable bonds is 5. The van der Waals surface area contributed by atoms with Crippen LogP contribution in [0.4, 0.5) is 0 Å². The zero-order chi connectivity index (χ0) is 16.9. The molecule has 1 aromatic carbocycles. The maximum absolute atomic E-state index is 12.0. The number of hydrogen-bond donors (Lipinski definition) is 0. The highest BCUT2D eigenvalue weighted by Crippen LogP contribution is 2.28. The average molecular weight is 324 g/mol. The SMILES string of the molecule is CCOC(=O)c1cccc(Oc2ccnc(-n3nccn3)c2)c1C. The van der Waals surface area contributed by atoms with Gasteiger partial charge in [0.2, 0.25) is 0 Å². The highest BCUT2D eigenvalue weighted by atomic mass is 16.5. The molecule has 7 heteroatoms. The number of aromatic nitrogens is 4. The van der Waals surface area contributed by atoms with Gasteiger partial charge in [-0.25, -0.2) is 9.78 Å². The molecule has 3 aromatic rings. The topological polar surface area (TPSA) is 79.1 Å². The lowest BCUT2D eigenvalue weighted by Crippen LogP contribution is -2.07. The molecule has 122 valence electrons. The Morgan fingerprint density at radius 3 is 2.71 bits per heavy atom. The second-order valence-corrected chi connectivity index (χ2v) is 4.92. The van der Waals surface area contributed by atoms with Crippen LogP contribution in [0.15, 0.2) is 48.9 Å². The minimum absolute atomic E-state index is 0.327. The Hall–Kier alpha value is -3.22. The molecule has 0 spiro atoms. The van der Waals surface area contributed by atoms with E-state index < -0.39 is 0 Å². The van der Waals surface area contributed by atoms with E-state index in [2.05, 4.69) is 15.2 Å². The molecule has 2 aromatic heterocycles. The number of esters is 1. The van der Waals surface area contributed by atoms with Crippen molar-refractivity contribution in [1.82, 2.24) is 20.0 Å². The molecule has 0 aliphatic heterocycles. The molecular weight excluding hydrogens is 308 g/mol. The molecule has 0 saturated heterocycles. The maximum Gasteiger partial charge on any atom is 0.338 e. The molecule has 0 unspecified atom stereocenters. The van der Waals surface area contributed by atoms with Crippen LogP contribution in [0.3, 0.4) is 0 Å². The Balaban J connectivity index is 1.88. The fourth-order valence-electron chi connectivity index (χ4n) is 2.19. The summed E-state index contributed by atoms with van der Waals surface area (Å²) in [5.41, 5.74) is 1.20. The minimum atomic E-state index is -0.364. The van der Waals surface area contributed by atoms with Crippen LogP contribution in [0.2, 0.25) is 0 Å². The molecule has 0 aliphatic rings. The third-order valence-electron chi connectivity index (χ3n) is 3.35. The Kier molecular flexibility index (Phi) is 4.51. The van der Waals surface area contributed by atoms with E-state index in [-0.39, 0.29) is 5.97 Å². The van der Waals surface area contributed by atoms with E-state index in [1.54, 1.807) is 55.8 Å². The van der Waals surface area contributed by atoms with Gasteiger partial charge in [-0.15, -0.1) is 4.80 Å². The predicted molar refractivity (Wildman–Crippen MR) is 86.4 cm³/mol. The second-order valence-electron chi connectivity index (χ2n) is 4.92. The number of pyridine rings is 1. The lowest BCUT2D eigenvalue weighted by molar-refractivity contribution is 0.0525. The molecule has 2 heterocycles. The molecule has 0 N–H and O–H groups in total. The fraction of sp³-hybridized carbons (Fsp3) is 0.176. The molecule has 0 atom stereocenters. The summed E-state index contributed by atoms with van der Waals surface area (Å²) in [4.78, 5) is 17.6. The fourth-order valence-corrected chi connectivity index (χ4v) is 2.19. The van der Waals surface area contributed by atoms with Crippen LogP contribution in [0.1, 0.15) is 22.8 Å². The van der Waals surface area contributed by atoms with Gasteiger partial charge in [-0.3, -0.25) is 0 Å². The molecule has 0 aliphatic carbocycles. The molecule has 0 fully saturated rings. The second kappa shape index (κ2) is 6.91. The summed E-state index contributed by atoms with van der Waals surface area (Å²) in [5.74, 6) is 1.32. The van der Waals surface area contributed by atoms with Crippen molar-refractivity contribution in [3.05, 3.63) is 60.0 Å². The summed E-state index contributed by atoms with van der Waals surface area (Å²) in [5, 5.41) is 8.07. The van der Waals surface area contributed by atoms with E-state index in [0.717, 1.165) is 0 Å². The Morgan fingerprint density at radius 1 is 1.17 bits per heavy atom. The molecule has 24 heavy (non-hydrogen) atoms. The molecule has 0 radical (unpaired) electrons. The highest BCUT2D eigenvalue weighted by Gasteiger charge is 2.14. The first-order valence-electron chi connectivity index (χ1n) is 7.46. The van der Waals surface area contributed by atoms with E-state index in [4.69, 9.17) is 9.47 Å². The van der Waals surface area contributed by atoms with Crippen molar-refractivity contribution in [2.75, 3.05) is 6.61 Å². The van der Waals surface area contributed by atoms with Crippen molar-refractivity contribution >= 4 is 5.97 Å². The first kappa shape index (κ1) is 15.7. The van der Waals surface area contributed by atoms with E-state index in [1.807, 2.05) is 6.92 Å². The number of carbonyl (C=O) groups excluding carboxylic acids is 1. The van der Waals surface area contributed by atoms with Gasteiger partial charge in [0.1, 0.15) is 11.5 Å². The lowest BCUT2D eigenvalue weighted by Gasteiger charge is -2.12. The first-order chi connectivity index (χ1) is 11.7. The quantitative estimate of drug-likeness (QED) is 0.671. The molecule has 0 saturated carbocycles. The number of carbonyl (C=O) groups is 1. The zero-order valence-electron chi connectivity index (χ0n) is 13.3. The summed E-state index contributed by atoms with van der Waals surface area (Å²) in [6.07, 6.45) is 4.75. The van der Waals surface area contributed by atoms with Crippen molar-refractivity contribution in [3.8, 4) is 17.3 Å². The first-order valence-corrected chi connectivity index (χ1v) is 7.46. The van der Waals surface area contributed by atoms with Gasteiger partial charge in [-0.05, 0) is 32.0 Å². The summed E-state index contributed by atoms with van der Waals surface area (Å²) in [7, 11) is 0. The van der Waals surface area contributed by atoms with Gasteiger partial charge >= 0.3 is 5.97 Å². The van der Waals surface area contributed by atoms with Gasteiger partial charge in [0.15, 0.2) is 5.82 Å². The lowest BCUT2D eigenvalue weighted by atomic mass is 10.1. The number of nitrogens with zero attached hydrogens (tertiary/aromatic N) is 4. The summed E-state index contributed by atoms with van der Waals surface area (Å²) in [6, 6.07) is 8.71. The van der Waals surface area contributed by atoms with Crippen molar-refractivity contribution in [2.45, 2.75) is 13.8 Å². The average Bonchev–Trinajstić information content (AvgIpc) is 3.12. The minimum Gasteiger partial charge on any atom is -0.462 e. The standard InChI is InChI=1S/C17H16N4O3/c1-3-23-17(22)14-5-4-6-15(12(14)2)24-13-7-8-18-16(11-13)21-19-9-10-20-21/h4-11H,3H2,1-2H3. The largest absolute Gasteiger partial charge is 0.462 e. The van der Waals surface area contributed by atoms with Gasteiger partial charge in [-0.1, -0.05) is 6.07 Å². The van der Waals surface area contributed by atoms with Crippen LogP contribution < -0.4 is 4.74 Å². The Labute approximate surface area is 138 Å². The van der Waals surface area contributed by atoms with Gasteiger partial charge in [0.05, 0.1) is 24.6 Å². The molecular formula is C17H16N4O3. The van der Waals surface area contributed by atoms with Crippen molar-refractivity contribution in [2.24, 2.45) is 0 Å². The van der Waals surface area contributed by atoms with Gasteiger partial charge in [-0.2, -0.15) is 10.2 Å². The van der Waals surface area contributed by atoms with Crippen LogP contribution in [-0.2, 0) is 4.74 Å². The smallest absolute Gasteiger partial charge is 0.338 e. The van der Waals surface area contributed by atoms with E-state index in [0.29, 0.717) is 35.1 Å². The number of benzene rings is 1. The highest BCUT2D eigenvalue weighted by molar-refractivity contribution is 5.91. The summed E-state index contributed by atoms with van der Waals surface area (Å²) >= 11 is 0. The van der Waals surface area contributed by atoms with E-state index in [9.17, 15) is 4.79 Å². The molecule has 7 nitrogen and oxygen atoms in total. The Morgan fingerprint density at radius 2 is 1.96 bits per heavy atom. The van der Waals surface area contributed by atoms with Crippen LogP contribution in [0.25, 0.3) is 5.82 Å². The van der Waals surface area contributed by atoms with Crippen molar-refractivity contribution < 1.29 is 14.3 Å². The van der Waals surface area contributed by atoms with Gasteiger partial charge in [0, 0.05) is 17.8 Å². The summed E-state index contributed by atoms with van der Waals surface area (Å²) < 4.78 is 11.0. The van der Waals surface area contributed by atoms with Crippen molar-refractivity contribution in [1.29, 1.82) is 0 Å². The van der Waals surface area contributed by atoms with E-state index >= 15 is 0 Å². The monoisotopic (exact) mass is 324 g/mol. The van der Waals surface area contributed by atoms with Gasteiger partial charge < -0.3 is 9.47 Å². The molecule has 0 bridgehead atoms. The number of hydrogen-bond acceptors (Lipinski definition) is 6. The van der Waals surface area contributed by atoms with E-state index in [1.165, 1.54) is 4.80 Å². The molecule has 0 amide bonds. The van der Waals surface area contributed by atoms with Crippen LogP contribution in [-0.4, -0.2) is 32.6 Å². The van der Waals surface area contributed by atoms with Gasteiger partial charge in [0.25, 0.3) is 0 Å². The third kappa shape index (κ3) is 3.24.